The maximum atomic E-state index is 12.3. The Morgan fingerprint density at radius 1 is 1.21 bits per heavy atom. The average Bonchev–Trinajstić information content (AvgIpc) is 2.32. The molecule has 0 bridgehead atoms. The van der Waals surface area contributed by atoms with Crippen LogP contribution in [0.5, 0.6) is 0 Å². The molecule has 0 aromatic carbocycles. The molecule has 0 aromatic heterocycles. The summed E-state index contributed by atoms with van der Waals surface area (Å²) in [6, 6.07) is -0.537. The zero-order chi connectivity index (χ0) is 14.6. The Kier molecular flexibility index (Phi) is 5.83. The molecule has 0 saturated carbocycles. The normalized spacial score (nSPS) is 25.7. The van der Waals surface area contributed by atoms with E-state index in [-0.39, 0.29) is 29.9 Å². The van der Waals surface area contributed by atoms with E-state index < -0.39 is 0 Å². The molecular weight excluding hydrogens is 240 g/mol. The molecule has 1 aliphatic rings. The summed E-state index contributed by atoms with van der Waals surface area (Å²) in [5, 5.41) is 2.76. The molecule has 1 heterocycles. The van der Waals surface area contributed by atoms with Crippen molar-refractivity contribution in [3.05, 3.63) is 0 Å². The van der Waals surface area contributed by atoms with Crippen molar-refractivity contribution in [1.82, 2.24) is 10.2 Å². The zero-order valence-corrected chi connectivity index (χ0v) is 12.9. The predicted octanol–water partition coefficient (Wildman–Crippen LogP) is 2.33. The number of piperazine rings is 1. The molecule has 1 rings (SSSR count). The van der Waals surface area contributed by atoms with Crippen molar-refractivity contribution < 1.29 is 9.59 Å². The Morgan fingerprint density at radius 2 is 1.84 bits per heavy atom. The average molecular weight is 268 g/mol. The van der Waals surface area contributed by atoms with Gasteiger partial charge in [0.2, 0.25) is 11.8 Å². The second-order valence-electron chi connectivity index (χ2n) is 6.07. The number of nitrogens with one attached hydrogen (secondary N) is 1. The minimum absolute atomic E-state index is 0.00897. The second kappa shape index (κ2) is 6.92. The zero-order valence-electron chi connectivity index (χ0n) is 12.9. The van der Waals surface area contributed by atoms with Crippen molar-refractivity contribution in [2.75, 3.05) is 0 Å². The van der Waals surface area contributed by atoms with E-state index in [4.69, 9.17) is 0 Å². The summed E-state index contributed by atoms with van der Waals surface area (Å²) >= 11 is 0. The van der Waals surface area contributed by atoms with Gasteiger partial charge in [0.1, 0.15) is 12.1 Å². The Bertz CT molecular complexity index is 328. The number of rotatable bonds is 6. The number of carbonyl (C=O) groups excluding carboxylic acids is 2. The van der Waals surface area contributed by atoms with E-state index in [1.54, 1.807) is 6.92 Å². The topological polar surface area (TPSA) is 49.4 Å². The molecule has 0 radical (unpaired) electrons. The van der Waals surface area contributed by atoms with E-state index in [1.165, 1.54) is 6.42 Å². The quantitative estimate of drug-likeness (QED) is 0.803. The van der Waals surface area contributed by atoms with Gasteiger partial charge in [-0.15, -0.1) is 0 Å². The number of hydrogen-bond donors (Lipinski definition) is 1. The van der Waals surface area contributed by atoms with Crippen molar-refractivity contribution in [1.29, 1.82) is 0 Å². The molecule has 1 N–H and O–H groups in total. The smallest absolute Gasteiger partial charge is 0.245 e. The second-order valence-corrected chi connectivity index (χ2v) is 6.07. The van der Waals surface area contributed by atoms with Gasteiger partial charge in [-0.25, -0.2) is 0 Å². The van der Waals surface area contributed by atoms with E-state index in [1.807, 2.05) is 11.8 Å². The molecular formula is C15H28N2O2. The third-order valence-corrected chi connectivity index (χ3v) is 3.89. The first kappa shape index (κ1) is 16.0. The lowest BCUT2D eigenvalue weighted by Gasteiger charge is -2.41. The molecule has 19 heavy (non-hydrogen) atoms. The summed E-state index contributed by atoms with van der Waals surface area (Å²) in [5.41, 5.74) is 0. The van der Waals surface area contributed by atoms with Crippen LogP contribution in [-0.2, 0) is 9.59 Å². The van der Waals surface area contributed by atoms with Gasteiger partial charge in [0.15, 0.2) is 0 Å². The van der Waals surface area contributed by atoms with Crippen molar-refractivity contribution >= 4 is 11.8 Å². The van der Waals surface area contributed by atoms with Gasteiger partial charge < -0.3 is 10.2 Å². The lowest BCUT2D eigenvalue weighted by atomic mass is 9.98. The van der Waals surface area contributed by atoms with Crippen LogP contribution in [0.2, 0.25) is 0 Å². The fourth-order valence-corrected chi connectivity index (χ4v) is 2.74. The van der Waals surface area contributed by atoms with Crippen LogP contribution >= 0.6 is 0 Å². The van der Waals surface area contributed by atoms with Crippen molar-refractivity contribution in [3.63, 3.8) is 0 Å². The van der Waals surface area contributed by atoms with E-state index in [0.29, 0.717) is 12.3 Å². The highest BCUT2D eigenvalue weighted by Gasteiger charge is 2.39. The number of carbonyl (C=O) groups is 2. The molecule has 2 amide bonds. The molecule has 4 nitrogen and oxygen atoms in total. The van der Waals surface area contributed by atoms with Crippen LogP contribution in [0, 0.1) is 5.92 Å². The van der Waals surface area contributed by atoms with Gasteiger partial charge in [-0.2, -0.15) is 0 Å². The molecule has 110 valence electrons. The van der Waals surface area contributed by atoms with Gasteiger partial charge in [-0.3, -0.25) is 9.59 Å². The van der Waals surface area contributed by atoms with Crippen LogP contribution in [0.1, 0.15) is 60.3 Å². The summed E-state index contributed by atoms with van der Waals surface area (Å²) in [7, 11) is 0. The minimum atomic E-state index is -0.386. The number of hydrogen-bond acceptors (Lipinski definition) is 2. The van der Waals surface area contributed by atoms with E-state index in [0.717, 1.165) is 12.8 Å². The van der Waals surface area contributed by atoms with Crippen LogP contribution in [0.15, 0.2) is 0 Å². The minimum Gasteiger partial charge on any atom is -0.343 e. The molecule has 3 unspecified atom stereocenters. The molecule has 1 saturated heterocycles. The van der Waals surface area contributed by atoms with Crippen LogP contribution in [0.4, 0.5) is 0 Å². The van der Waals surface area contributed by atoms with Crippen LogP contribution in [-0.4, -0.2) is 34.8 Å². The number of amides is 2. The molecule has 0 spiro atoms. The highest BCUT2D eigenvalue weighted by molar-refractivity contribution is 5.96. The van der Waals surface area contributed by atoms with Crippen molar-refractivity contribution in [3.8, 4) is 0 Å². The molecule has 3 atom stereocenters. The lowest BCUT2D eigenvalue weighted by molar-refractivity contribution is -0.151. The third kappa shape index (κ3) is 3.95. The fourth-order valence-electron chi connectivity index (χ4n) is 2.74. The summed E-state index contributed by atoms with van der Waals surface area (Å²) in [6.45, 7) is 10.2. The van der Waals surface area contributed by atoms with E-state index >= 15 is 0 Å². The largest absolute Gasteiger partial charge is 0.343 e. The Labute approximate surface area is 116 Å². The van der Waals surface area contributed by atoms with Gasteiger partial charge in [-0.1, -0.05) is 33.6 Å². The molecule has 1 aliphatic heterocycles. The maximum absolute atomic E-state index is 12.3. The SMILES string of the molecule is CCC1C(=O)NC(C)C(=O)N1C(C)CCCC(C)C. The highest BCUT2D eigenvalue weighted by Crippen LogP contribution is 2.20. The standard InChI is InChI=1S/C15H28N2O2/c1-6-13-14(18)16-12(5)15(19)17(13)11(4)9-7-8-10(2)3/h10-13H,6-9H2,1-5H3,(H,16,18). The van der Waals surface area contributed by atoms with Gasteiger partial charge in [0, 0.05) is 6.04 Å². The summed E-state index contributed by atoms with van der Waals surface area (Å²) in [4.78, 5) is 26.1. The summed E-state index contributed by atoms with van der Waals surface area (Å²) in [6.07, 6.45) is 3.93. The van der Waals surface area contributed by atoms with E-state index in [2.05, 4.69) is 26.1 Å². The van der Waals surface area contributed by atoms with Crippen molar-refractivity contribution in [2.24, 2.45) is 5.92 Å². The Balaban J connectivity index is 2.69. The summed E-state index contributed by atoms with van der Waals surface area (Å²) < 4.78 is 0. The van der Waals surface area contributed by atoms with Gasteiger partial charge in [-0.05, 0) is 32.6 Å². The van der Waals surface area contributed by atoms with Crippen LogP contribution in [0.25, 0.3) is 0 Å². The maximum Gasteiger partial charge on any atom is 0.245 e. The first-order chi connectivity index (χ1) is 8.88. The summed E-state index contributed by atoms with van der Waals surface area (Å²) in [5.74, 6) is 0.738. The van der Waals surface area contributed by atoms with Gasteiger partial charge in [0.05, 0.1) is 0 Å². The Morgan fingerprint density at radius 3 is 2.37 bits per heavy atom. The molecule has 4 heteroatoms. The Hall–Kier alpha value is -1.06. The number of nitrogens with zero attached hydrogens (tertiary/aromatic N) is 1. The van der Waals surface area contributed by atoms with E-state index in [9.17, 15) is 9.59 Å². The highest BCUT2D eigenvalue weighted by atomic mass is 16.2. The molecule has 1 fully saturated rings. The first-order valence-corrected chi connectivity index (χ1v) is 7.51. The fraction of sp³-hybridized carbons (Fsp3) is 0.867. The van der Waals surface area contributed by atoms with Crippen molar-refractivity contribution in [2.45, 2.75) is 78.4 Å². The predicted molar refractivity (Wildman–Crippen MR) is 76.7 cm³/mol. The van der Waals surface area contributed by atoms with Crippen LogP contribution in [0.3, 0.4) is 0 Å². The third-order valence-electron chi connectivity index (χ3n) is 3.89. The lowest BCUT2D eigenvalue weighted by Crippen LogP contribution is -2.64. The van der Waals surface area contributed by atoms with Gasteiger partial charge in [0.25, 0.3) is 0 Å². The van der Waals surface area contributed by atoms with Gasteiger partial charge >= 0.3 is 0 Å². The molecule has 0 aliphatic carbocycles. The van der Waals surface area contributed by atoms with Crippen LogP contribution < -0.4 is 5.32 Å². The molecule has 0 aromatic rings. The monoisotopic (exact) mass is 268 g/mol. The first-order valence-electron chi connectivity index (χ1n) is 7.51.